The predicted molar refractivity (Wildman–Crippen MR) is 154 cm³/mol. The van der Waals surface area contributed by atoms with Crippen molar-refractivity contribution in [2.24, 2.45) is 0 Å². The highest BCUT2D eigenvalue weighted by atomic mass is 16.6. The first-order valence-electron chi connectivity index (χ1n) is 14.5. The molecule has 2 saturated heterocycles. The average molecular weight is 567 g/mol. The van der Waals surface area contributed by atoms with Gasteiger partial charge in [0.25, 0.3) is 0 Å². The van der Waals surface area contributed by atoms with Gasteiger partial charge in [0.05, 0.1) is 18.8 Å². The average Bonchev–Trinajstić information content (AvgIpc) is 3.55. The highest BCUT2D eigenvalue weighted by molar-refractivity contribution is 5.71. The van der Waals surface area contributed by atoms with Crippen LogP contribution in [-0.4, -0.2) is 94.4 Å². The summed E-state index contributed by atoms with van der Waals surface area (Å²) in [7, 11) is 2.11. The van der Waals surface area contributed by atoms with Gasteiger partial charge in [-0.05, 0) is 59.7 Å². The van der Waals surface area contributed by atoms with Crippen LogP contribution in [0.25, 0.3) is 0 Å². The fourth-order valence-corrected chi connectivity index (χ4v) is 5.58. The Hall–Kier alpha value is -3.60. The summed E-state index contributed by atoms with van der Waals surface area (Å²) in [5.41, 5.74) is 2.03. The molecule has 0 N–H and O–H groups in total. The topological polar surface area (TPSA) is 101 Å². The molecule has 2 fully saturated rings. The number of benzene rings is 1. The number of anilines is 1. The molecule has 11 nitrogen and oxygen atoms in total. The van der Waals surface area contributed by atoms with Gasteiger partial charge < -0.3 is 28.9 Å². The Morgan fingerprint density at radius 3 is 2.46 bits per heavy atom. The van der Waals surface area contributed by atoms with E-state index in [-0.39, 0.29) is 24.8 Å². The number of piperazine rings is 1. The second-order valence-corrected chi connectivity index (χ2v) is 12.2. The maximum absolute atomic E-state index is 12.9. The number of carbonyl (C=O) groups is 2. The Bertz CT molecular complexity index is 1240. The minimum atomic E-state index is -0.595. The van der Waals surface area contributed by atoms with Gasteiger partial charge in [0.2, 0.25) is 0 Å². The van der Waals surface area contributed by atoms with Crippen molar-refractivity contribution in [3.05, 3.63) is 47.2 Å². The molecular weight excluding hydrogens is 524 g/mol. The summed E-state index contributed by atoms with van der Waals surface area (Å²) in [4.78, 5) is 43.3. The maximum Gasteiger partial charge on any atom is 0.410 e. The number of hydrogen-bond donors (Lipinski definition) is 0. The lowest BCUT2D eigenvalue weighted by Crippen LogP contribution is -2.54. The van der Waals surface area contributed by atoms with Crippen molar-refractivity contribution in [1.29, 1.82) is 0 Å². The third-order valence-electron chi connectivity index (χ3n) is 7.83. The van der Waals surface area contributed by atoms with E-state index in [0.29, 0.717) is 51.4 Å². The second-order valence-electron chi connectivity index (χ2n) is 12.2. The standard InChI is InChI=1S/C30H42N6O5/c1-21-16-34(28(37)40-19-22-10-7-6-8-11-22)14-15-36(21)26-24-17-35(29(38)41-30(2,3)4)18-25(24)31-27(32-26)39-20-23-12-9-13-33(23)5/h6-8,10-11,21,23H,9,12-20H2,1-5H3. The first-order chi connectivity index (χ1) is 19.6. The summed E-state index contributed by atoms with van der Waals surface area (Å²) in [6, 6.07) is 10.3. The van der Waals surface area contributed by atoms with Gasteiger partial charge in [-0.2, -0.15) is 9.97 Å². The molecule has 3 aliphatic heterocycles. The molecule has 11 heteroatoms. The number of nitrogens with zero attached hydrogens (tertiary/aromatic N) is 6. The van der Waals surface area contributed by atoms with Crippen molar-refractivity contribution >= 4 is 18.0 Å². The number of fused-ring (bicyclic) bond motifs is 1. The zero-order chi connectivity index (χ0) is 29.1. The van der Waals surface area contributed by atoms with E-state index in [9.17, 15) is 9.59 Å². The molecule has 4 heterocycles. The van der Waals surface area contributed by atoms with Crippen LogP contribution in [0.4, 0.5) is 15.4 Å². The second kappa shape index (κ2) is 12.1. The molecule has 2 amide bonds. The van der Waals surface area contributed by atoms with E-state index in [1.807, 2.05) is 51.1 Å². The minimum absolute atomic E-state index is 0.0311. The molecule has 222 valence electrons. The van der Waals surface area contributed by atoms with Gasteiger partial charge in [-0.3, -0.25) is 4.90 Å². The molecule has 3 aliphatic rings. The molecule has 2 atom stereocenters. The van der Waals surface area contributed by atoms with E-state index in [2.05, 4.69) is 23.8 Å². The van der Waals surface area contributed by atoms with Gasteiger partial charge in [-0.15, -0.1) is 0 Å². The van der Waals surface area contributed by atoms with Crippen LogP contribution in [0.5, 0.6) is 6.01 Å². The molecule has 2 unspecified atom stereocenters. The maximum atomic E-state index is 12.9. The highest BCUT2D eigenvalue weighted by Gasteiger charge is 2.36. The zero-order valence-electron chi connectivity index (χ0n) is 24.8. The quantitative estimate of drug-likeness (QED) is 0.513. The van der Waals surface area contributed by atoms with Gasteiger partial charge in [0.1, 0.15) is 24.6 Å². The smallest absolute Gasteiger partial charge is 0.410 e. The van der Waals surface area contributed by atoms with Crippen molar-refractivity contribution in [1.82, 2.24) is 24.7 Å². The fraction of sp³-hybridized carbons (Fsp3) is 0.600. The number of ether oxygens (including phenoxy) is 3. The number of amides is 2. The first-order valence-corrected chi connectivity index (χ1v) is 14.5. The molecular formula is C30H42N6O5. The number of likely N-dealkylation sites (N-methyl/N-ethyl adjacent to an activating group) is 1. The number of likely N-dealkylation sites (tertiary alicyclic amines) is 1. The highest BCUT2D eigenvalue weighted by Crippen LogP contribution is 2.34. The number of hydrogen-bond acceptors (Lipinski definition) is 9. The molecule has 2 aromatic rings. The Kier molecular flexibility index (Phi) is 8.53. The normalized spacial score (nSPS) is 21.1. The third kappa shape index (κ3) is 7.01. The summed E-state index contributed by atoms with van der Waals surface area (Å²) >= 11 is 0. The molecule has 1 aromatic carbocycles. The van der Waals surface area contributed by atoms with Crippen molar-refractivity contribution in [3.8, 4) is 6.01 Å². The molecule has 1 aromatic heterocycles. The zero-order valence-corrected chi connectivity index (χ0v) is 24.8. The molecule has 5 rings (SSSR count). The van der Waals surface area contributed by atoms with Gasteiger partial charge in [-0.1, -0.05) is 30.3 Å². The van der Waals surface area contributed by atoms with Crippen molar-refractivity contribution in [2.45, 2.75) is 77.9 Å². The van der Waals surface area contributed by atoms with Gasteiger partial charge >= 0.3 is 18.2 Å². The first kappa shape index (κ1) is 28.9. The van der Waals surface area contributed by atoms with Crippen LogP contribution in [0.15, 0.2) is 30.3 Å². The Morgan fingerprint density at radius 2 is 1.78 bits per heavy atom. The molecule has 0 aliphatic carbocycles. The Balaban J connectivity index is 1.31. The molecule has 0 radical (unpaired) electrons. The predicted octanol–water partition coefficient (Wildman–Crippen LogP) is 4.05. The van der Waals surface area contributed by atoms with Crippen LogP contribution < -0.4 is 9.64 Å². The lowest BCUT2D eigenvalue weighted by Gasteiger charge is -2.40. The summed E-state index contributed by atoms with van der Waals surface area (Å²) in [5, 5.41) is 0. The van der Waals surface area contributed by atoms with E-state index < -0.39 is 5.60 Å². The number of carbonyl (C=O) groups excluding carboxylic acids is 2. The Morgan fingerprint density at radius 1 is 1.00 bits per heavy atom. The van der Waals surface area contributed by atoms with E-state index in [4.69, 9.17) is 24.2 Å². The van der Waals surface area contributed by atoms with Crippen molar-refractivity contribution in [3.63, 3.8) is 0 Å². The van der Waals surface area contributed by atoms with Crippen LogP contribution in [0.1, 0.15) is 57.4 Å². The van der Waals surface area contributed by atoms with E-state index in [1.165, 1.54) is 0 Å². The number of rotatable bonds is 6. The molecule has 0 saturated carbocycles. The van der Waals surface area contributed by atoms with Crippen LogP contribution in [0, 0.1) is 0 Å². The molecule has 41 heavy (non-hydrogen) atoms. The summed E-state index contributed by atoms with van der Waals surface area (Å²) in [6.45, 7) is 11.7. The van der Waals surface area contributed by atoms with Gasteiger partial charge in [0.15, 0.2) is 0 Å². The van der Waals surface area contributed by atoms with Gasteiger partial charge in [0, 0.05) is 37.3 Å². The largest absolute Gasteiger partial charge is 0.462 e. The summed E-state index contributed by atoms with van der Waals surface area (Å²) < 4.78 is 17.4. The SMILES string of the molecule is CC1CN(C(=O)OCc2ccccc2)CCN1c1nc(OCC2CCCN2C)nc2c1CN(C(=O)OC(C)(C)C)C2. The lowest BCUT2D eigenvalue weighted by atomic mass is 10.1. The summed E-state index contributed by atoms with van der Waals surface area (Å²) in [6.07, 6.45) is 1.53. The summed E-state index contributed by atoms with van der Waals surface area (Å²) in [5.74, 6) is 0.751. The monoisotopic (exact) mass is 566 g/mol. The van der Waals surface area contributed by atoms with Crippen LogP contribution in [0.2, 0.25) is 0 Å². The molecule has 0 bridgehead atoms. The van der Waals surface area contributed by atoms with E-state index >= 15 is 0 Å². The van der Waals surface area contributed by atoms with Crippen LogP contribution in [0.3, 0.4) is 0 Å². The minimum Gasteiger partial charge on any atom is -0.462 e. The lowest BCUT2D eigenvalue weighted by molar-refractivity contribution is 0.0240. The van der Waals surface area contributed by atoms with Crippen LogP contribution in [-0.2, 0) is 29.2 Å². The van der Waals surface area contributed by atoms with Crippen LogP contribution >= 0.6 is 0 Å². The number of aromatic nitrogens is 2. The molecule has 0 spiro atoms. The van der Waals surface area contributed by atoms with E-state index in [0.717, 1.165) is 42.0 Å². The van der Waals surface area contributed by atoms with Gasteiger partial charge in [-0.25, -0.2) is 9.59 Å². The van der Waals surface area contributed by atoms with Crippen molar-refractivity contribution in [2.75, 3.05) is 44.7 Å². The van der Waals surface area contributed by atoms with Crippen molar-refractivity contribution < 1.29 is 23.8 Å². The van der Waals surface area contributed by atoms with E-state index in [1.54, 1.807) is 9.80 Å². The fourth-order valence-electron chi connectivity index (χ4n) is 5.58. The Labute approximate surface area is 242 Å². The third-order valence-corrected chi connectivity index (χ3v) is 7.83.